The van der Waals surface area contributed by atoms with Crippen LogP contribution in [-0.4, -0.2) is 34.1 Å². The van der Waals surface area contributed by atoms with Crippen LogP contribution in [-0.2, 0) is 0 Å². The van der Waals surface area contributed by atoms with Crippen LogP contribution in [0.3, 0.4) is 0 Å². The summed E-state index contributed by atoms with van der Waals surface area (Å²) in [6.45, 7) is 13.7. The lowest BCUT2D eigenvalue weighted by Crippen LogP contribution is -2.58. The number of hydrogen-bond donors (Lipinski definition) is 0. The van der Waals surface area contributed by atoms with Crippen molar-refractivity contribution in [2.24, 2.45) is 5.92 Å². The summed E-state index contributed by atoms with van der Waals surface area (Å²) in [6.07, 6.45) is 20.5. The van der Waals surface area contributed by atoms with Gasteiger partial charge in [0, 0.05) is 0 Å². The molecule has 0 fully saturated rings. The Balaban J connectivity index is 3.02. The van der Waals surface area contributed by atoms with Crippen LogP contribution in [0.15, 0.2) is 23.8 Å². The van der Waals surface area contributed by atoms with Crippen molar-refractivity contribution in [2.75, 3.05) is 26.2 Å². The van der Waals surface area contributed by atoms with E-state index in [0.717, 1.165) is 11.0 Å². The summed E-state index contributed by atoms with van der Waals surface area (Å²) in [7, 11) is 0. The molecule has 2 unspecified atom stereocenters. The predicted octanol–water partition coefficient (Wildman–Crippen LogP) is 6.14. The average Bonchev–Trinajstić information content (AvgIpc) is 2.54. The molecule has 0 saturated heterocycles. The van der Waals surface area contributed by atoms with Crippen molar-refractivity contribution < 1.29 is 4.48 Å². The van der Waals surface area contributed by atoms with Crippen molar-refractivity contribution >= 4 is 22.6 Å². The number of halogens is 1. The topological polar surface area (TPSA) is 0 Å². The van der Waals surface area contributed by atoms with Crippen molar-refractivity contribution in [2.45, 2.75) is 69.6 Å². The van der Waals surface area contributed by atoms with Crippen molar-refractivity contribution in [3.05, 3.63) is 23.8 Å². The molecule has 1 nitrogen and oxygen atoms in total. The third kappa shape index (κ3) is 5.92. The molecule has 2 heteroatoms. The first-order valence-corrected chi connectivity index (χ1v) is 10.8. The Kier molecular flexibility index (Phi) is 9.67. The normalized spacial score (nSPS) is 23.8. The summed E-state index contributed by atoms with van der Waals surface area (Å²) in [6, 6.07) is 0. The van der Waals surface area contributed by atoms with E-state index in [-0.39, 0.29) is 3.42 Å². The molecule has 0 aliphatic heterocycles. The SMILES string of the molecule is C#CC[N+](CCCCC)(CCCCC)CC1(I)C(C)=CC=CC1C. The molecule has 0 aromatic carbocycles. The van der Waals surface area contributed by atoms with Gasteiger partial charge in [-0.1, -0.05) is 80.0 Å². The molecular weight excluding hydrogens is 405 g/mol. The number of alkyl halides is 1. The lowest BCUT2D eigenvalue weighted by Gasteiger charge is -2.46. The van der Waals surface area contributed by atoms with Crippen LogP contribution < -0.4 is 0 Å². The van der Waals surface area contributed by atoms with E-state index in [1.54, 1.807) is 0 Å². The maximum absolute atomic E-state index is 5.84. The largest absolute Gasteiger partial charge is 0.312 e. The first kappa shape index (κ1) is 21.8. The fraction of sp³-hybridized carbons (Fsp3) is 0.727. The highest BCUT2D eigenvalue weighted by Gasteiger charge is 2.43. The van der Waals surface area contributed by atoms with Gasteiger partial charge in [-0.15, -0.1) is 6.42 Å². The van der Waals surface area contributed by atoms with Crippen molar-refractivity contribution in [1.29, 1.82) is 0 Å². The molecule has 0 aromatic rings. The Hall–Kier alpha value is -0.270. The van der Waals surface area contributed by atoms with Gasteiger partial charge in [0.15, 0.2) is 0 Å². The minimum Gasteiger partial charge on any atom is -0.312 e. The minimum atomic E-state index is 0.196. The molecular formula is C22H37IN+. The van der Waals surface area contributed by atoms with E-state index in [1.165, 1.54) is 63.7 Å². The van der Waals surface area contributed by atoms with E-state index in [1.807, 2.05) is 0 Å². The Labute approximate surface area is 164 Å². The molecule has 0 N–H and O–H groups in total. The number of rotatable bonds is 11. The van der Waals surface area contributed by atoms with Crippen LogP contribution in [0.25, 0.3) is 0 Å². The monoisotopic (exact) mass is 442 g/mol. The van der Waals surface area contributed by atoms with E-state index in [2.05, 4.69) is 74.4 Å². The van der Waals surface area contributed by atoms with E-state index in [4.69, 9.17) is 6.42 Å². The van der Waals surface area contributed by atoms with E-state index < -0.39 is 0 Å². The van der Waals surface area contributed by atoms with E-state index >= 15 is 0 Å². The zero-order valence-electron chi connectivity index (χ0n) is 16.3. The lowest BCUT2D eigenvalue weighted by atomic mass is 9.82. The second-order valence-corrected chi connectivity index (χ2v) is 9.53. The van der Waals surface area contributed by atoms with Crippen molar-refractivity contribution in [1.82, 2.24) is 0 Å². The summed E-state index contributed by atoms with van der Waals surface area (Å²) < 4.78 is 1.30. The minimum absolute atomic E-state index is 0.196. The number of hydrogen-bond acceptors (Lipinski definition) is 0. The summed E-state index contributed by atoms with van der Waals surface area (Å²) in [5, 5.41) is 0. The standard InChI is InChI=1S/C22H37IN/c1-6-9-11-17-24(16-8-3,18-12-10-7-2)19-22(23)20(4)14-13-15-21(22)5/h3,13-15,20H,6-7,9-12,16-19H2,1-2,4-5H3/q+1. The van der Waals surface area contributed by atoms with Gasteiger partial charge < -0.3 is 4.48 Å². The Morgan fingerprint density at radius 3 is 2.21 bits per heavy atom. The number of terminal acetylenes is 1. The van der Waals surface area contributed by atoms with Crippen LogP contribution in [0.1, 0.15) is 66.2 Å². The maximum Gasteiger partial charge on any atom is 0.140 e. The molecule has 0 spiro atoms. The second-order valence-electron chi connectivity index (χ2n) is 7.61. The molecule has 0 heterocycles. The van der Waals surface area contributed by atoms with Gasteiger partial charge in [0.25, 0.3) is 0 Å². The van der Waals surface area contributed by atoms with E-state index in [0.29, 0.717) is 5.92 Å². The number of allylic oxidation sites excluding steroid dienone is 3. The number of nitrogens with zero attached hydrogens (tertiary/aromatic N) is 1. The van der Waals surface area contributed by atoms with Crippen molar-refractivity contribution in [3.8, 4) is 12.3 Å². The van der Waals surface area contributed by atoms with Crippen LogP contribution >= 0.6 is 22.6 Å². The Morgan fingerprint density at radius 1 is 1.17 bits per heavy atom. The van der Waals surface area contributed by atoms with Crippen LogP contribution in [0.5, 0.6) is 0 Å². The third-order valence-electron chi connectivity index (χ3n) is 5.59. The fourth-order valence-electron chi connectivity index (χ4n) is 3.85. The second kappa shape index (κ2) is 10.7. The van der Waals surface area contributed by atoms with Crippen molar-refractivity contribution in [3.63, 3.8) is 0 Å². The molecule has 0 amide bonds. The van der Waals surface area contributed by atoms with Crippen LogP contribution in [0.4, 0.5) is 0 Å². The molecule has 0 saturated carbocycles. The van der Waals surface area contributed by atoms with Gasteiger partial charge in [-0.3, -0.25) is 0 Å². The van der Waals surface area contributed by atoms with Gasteiger partial charge in [-0.05, 0) is 44.4 Å². The third-order valence-corrected chi connectivity index (χ3v) is 7.76. The maximum atomic E-state index is 5.84. The summed E-state index contributed by atoms with van der Waals surface area (Å²) in [5.41, 5.74) is 1.50. The molecule has 1 rings (SSSR count). The predicted molar refractivity (Wildman–Crippen MR) is 116 cm³/mol. The zero-order valence-corrected chi connectivity index (χ0v) is 18.4. The first-order chi connectivity index (χ1) is 11.4. The quantitative estimate of drug-likeness (QED) is 0.119. The summed E-state index contributed by atoms with van der Waals surface area (Å²) in [5.74, 6) is 3.60. The smallest absolute Gasteiger partial charge is 0.140 e. The molecule has 1 aliphatic carbocycles. The van der Waals surface area contributed by atoms with Gasteiger partial charge in [0.2, 0.25) is 0 Å². The fourth-order valence-corrected chi connectivity index (χ4v) is 4.96. The molecule has 2 atom stereocenters. The number of quaternary nitrogens is 1. The first-order valence-electron chi connectivity index (χ1n) is 9.77. The number of unbranched alkanes of at least 4 members (excludes halogenated alkanes) is 4. The van der Waals surface area contributed by atoms with Crippen LogP contribution in [0, 0.1) is 18.3 Å². The molecule has 136 valence electrons. The molecule has 0 bridgehead atoms. The average molecular weight is 442 g/mol. The van der Waals surface area contributed by atoms with Gasteiger partial charge >= 0.3 is 0 Å². The lowest BCUT2D eigenvalue weighted by molar-refractivity contribution is -0.923. The molecule has 24 heavy (non-hydrogen) atoms. The van der Waals surface area contributed by atoms with Gasteiger partial charge in [-0.2, -0.15) is 0 Å². The highest BCUT2D eigenvalue weighted by molar-refractivity contribution is 14.1. The highest BCUT2D eigenvalue weighted by Crippen LogP contribution is 2.41. The Bertz CT molecular complexity index is 461. The molecule has 1 aliphatic rings. The summed E-state index contributed by atoms with van der Waals surface area (Å²) in [4.78, 5) is 0. The van der Waals surface area contributed by atoms with E-state index in [9.17, 15) is 0 Å². The highest BCUT2D eigenvalue weighted by atomic mass is 127. The zero-order chi connectivity index (χ0) is 18.1. The molecule has 0 radical (unpaired) electrons. The van der Waals surface area contributed by atoms with Crippen LogP contribution in [0.2, 0.25) is 0 Å². The Morgan fingerprint density at radius 2 is 1.75 bits per heavy atom. The van der Waals surface area contributed by atoms with Gasteiger partial charge in [0.1, 0.15) is 6.54 Å². The molecule has 0 aromatic heterocycles. The van der Waals surface area contributed by atoms with Gasteiger partial charge in [0.05, 0.1) is 23.1 Å². The van der Waals surface area contributed by atoms with Gasteiger partial charge in [-0.25, -0.2) is 0 Å². The summed E-state index contributed by atoms with van der Waals surface area (Å²) >= 11 is 2.73.